The molecule has 0 atom stereocenters. The van der Waals surface area contributed by atoms with E-state index in [1.807, 2.05) is 24.3 Å². The summed E-state index contributed by atoms with van der Waals surface area (Å²) in [6.45, 7) is 7.06. The van der Waals surface area contributed by atoms with E-state index in [-0.39, 0.29) is 0 Å². The maximum atomic E-state index is 5.64. The van der Waals surface area contributed by atoms with E-state index in [1.165, 1.54) is 0 Å². The molecule has 0 saturated carbocycles. The zero-order valence-electron chi connectivity index (χ0n) is 11.1. The van der Waals surface area contributed by atoms with Crippen molar-refractivity contribution in [1.82, 2.24) is 14.8 Å². The Balaban J connectivity index is 2.29. The van der Waals surface area contributed by atoms with Gasteiger partial charge in [0.05, 0.1) is 6.61 Å². The molecule has 1 aromatic heterocycles. The van der Waals surface area contributed by atoms with Gasteiger partial charge >= 0.3 is 0 Å². The van der Waals surface area contributed by atoms with E-state index in [4.69, 9.17) is 4.74 Å². The summed E-state index contributed by atoms with van der Waals surface area (Å²) in [5, 5.41) is 8.17. The van der Waals surface area contributed by atoms with Gasteiger partial charge in [0.2, 0.25) is 0 Å². The molecule has 0 aliphatic rings. The van der Waals surface area contributed by atoms with Gasteiger partial charge in [0, 0.05) is 11.6 Å². The van der Waals surface area contributed by atoms with E-state index in [2.05, 4.69) is 35.5 Å². The summed E-state index contributed by atoms with van der Waals surface area (Å²) in [5.41, 5.74) is 1.04. The molecule has 4 heteroatoms. The summed E-state index contributed by atoms with van der Waals surface area (Å²) in [6.07, 6.45) is 2.77. The van der Waals surface area contributed by atoms with E-state index < -0.39 is 0 Å². The van der Waals surface area contributed by atoms with Gasteiger partial charge < -0.3 is 9.30 Å². The molecule has 0 N–H and O–H groups in total. The summed E-state index contributed by atoms with van der Waals surface area (Å²) in [4.78, 5) is 0. The van der Waals surface area contributed by atoms with Gasteiger partial charge in [-0.25, -0.2) is 0 Å². The first kappa shape index (κ1) is 12.6. The van der Waals surface area contributed by atoms with Gasteiger partial charge in [-0.1, -0.05) is 19.1 Å². The van der Waals surface area contributed by atoms with E-state index in [9.17, 15) is 0 Å². The predicted molar refractivity (Wildman–Crippen MR) is 71.6 cm³/mol. The Morgan fingerprint density at radius 1 is 1.33 bits per heavy atom. The second-order valence-corrected chi connectivity index (χ2v) is 4.53. The van der Waals surface area contributed by atoms with E-state index >= 15 is 0 Å². The molecule has 0 aliphatic carbocycles. The first-order valence-corrected chi connectivity index (χ1v) is 6.35. The molecule has 2 rings (SSSR count). The Labute approximate surface area is 108 Å². The molecular weight excluding hydrogens is 226 g/mol. The van der Waals surface area contributed by atoms with Crippen LogP contribution < -0.4 is 4.74 Å². The fourth-order valence-corrected chi connectivity index (χ4v) is 1.77. The highest BCUT2D eigenvalue weighted by molar-refractivity contribution is 5.57. The third kappa shape index (κ3) is 2.70. The van der Waals surface area contributed by atoms with E-state index in [0.29, 0.717) is 6.04 Å². The van der Waals surface area contributed by atoms with Crippen molar-refractivity contribution in [2.24, 2.45) is 0 Å². The lowest BCUT2D eigenvalue weighted by molar-refractivity contribution is 0.317. The number of aromatic nitrogens is 3. The standard InChI is InChI=1S/C14H19N3O/c1-4-8-18-13-7-5-6-12(9-13)14-16-15-10-17(14)11(2)3/h5-7,9-11H,4,8H2,1-3H3. The van der Waals surface area contributed by atoms with E-state index in [1.54, 1.807) is 6.33 Å². The van der Waals surface area contributed by atoms with Crippen molar-refractivity contribution in [3.8, 4) is 17.1 Å². The summed E-state index contributed by atoms with van der Waals surface area (Å²) < 4.78 is 7.69. The van der Waals surface area contributed by atoms with Gasteiger partial charge in [-0.05, 0) is 32.4 Å². The van der Waals surface area contributed by atoms with Crippen LogP contribution in [0.1, 0.15) is 33.2 Å². The van der Waals surface area contributed by atoms with Crippen LogP contribution >= 0.6 is 0 Å². The highest BCUT2D eigenvalue weighted by atomic mass is 16.5. The summed E-state index contributed by atoms with van der Waals surface area (Å²) in [6, 6.07) is 8.34. The smallest absolute Gasteiger partial charge is 0.164 e. The van der Waals surface area contributed by atoms with Crippen LogP contribution in [0.25, 0.3) is 11.4 Å². The van der Waals surface area contributed by atoms with Crippen LogP contribution in [0.4, 0.5) is 0 Å². The third-order valence-corrected chi connectivity index (χ3v) is 2.69. The molecule has 4 nitrogen and oxygen atoms in total. The van der Waals surface area contributed by atoms with Crippen molar-refractivity contribution in [2.45, 2.75) is 33.2 Å². The highest BCUT2D eigenvalue weighted by Crippen LogP contribution is 2.24. The van der Waals surface area contributed by atoms with Crippen molar-refractivity contribution in [3.63, 3.8) is 0 Å². The molecule has 1 heterocycles. The van der Waals surface area contributed by atoms with Crippen molar-refractivity contribution in [2.75, 3.05) is 6.61 Å². The molecule has 0 unspecified atom stereocenters. The number of nitrogens with zero attached hydrogens (tertiary/aromatic N) is 3. The van der Waals surface area contributed by atoms with Crippen molar-refractivity contribution in [3.05, 3.63) is 30.6 Å². The molecule has 0 fully saturated rings. The maximum Gasteiger partial charge on any atom is 0.164 e. The van der Waals surface area contributed by atoms with Crippen LogP contribution in [-0.2, 0) is 0 Å². The van der Waals surface area contributed by atoms with Crippen LogP contribution in [0.3, 0.4) is 0 Å². The monoisotopic (exact) mass is 245 g/mol. The average Bonchev–Trinajstić information content (AvgIpc) is 2.86. The van der Waals surface area contributed by atoms with Crippen molar-refractivity contribution in [1.29, 1.82) is 0 Å². The lowest BCUT2D eigenvalue weighted by Crippen LogP contribution is -2.02. The lowest BCUT2D eigenvalue weighted by Gasteiger charge is -2.11. The summed E-state index contributed by atoms with van der Waals surface area (Å²) in [5.74, 6) is 1.76. The molecule has 2 aromatic rings. The molecule has 0 bridgehead atoms. The molecule has 0 amide bonds. The second-order valence-electron chi connectivity index (χ2n) is 4.53. The topological polar surface area (TPSA) is 39.9 Å². The van der Waals surface area contributed by atoms with Crippen molar-refractivity contribution >= 4 is 0 Å². The van der Waals surface area contributed by atoms with Crippen LogP contribution in [0.15, 0.2) is 30.6 Å². The molecule has 1 aromatic carbocycles. The normalized spacial score (nSPS) is 10.9. The summed E-state index contributed by atoms with van der Waals surface area (Å²) in [7, 11) is 0. The molecule has 0 aliphatic heterocycles. The molecular formula is C14H19N3O. The van der Waals surface area contributed by atoms with Crippen LogP contribution in [-0.4, -0.2) is 21.4 Å². The van der Waals surface area contributed by atoms with Gasteiger partial charge in [-0.2, -0.15) is 0 Å². The Bertz CT molecular complexity index is 505. The predicted octanol–water partition coefficient (Wildman–Crippen LogP) is 3.31. The molecule has 0 radical (unpaired) electrons. The zero-order valence-corrected chi connectivity index (χ0v) is 11.1. The minimum absolute atomic E-state index is 0.343. The number of hydrogen-bond donors (Lipinski definition) is 0. The largest absolute Gasteiger partial charge is 0.494 e. The molecule has 0 spiro atoms. The molecule has 0 saturated heterocycles. The van der Waals surface area contributed by atoms with Gasteiger partial charge in [0.25, 0.3) is 0 Å². The van der Waals surface area contributed by atoms with Gasteiger partial charge in [-0.3, -0.25) is 0 Å². The lowest BCUT2D eigenvalue weighted by atomic mass is 10.2. The van der Waals surface area contributed by atoms with Gasteiger partial charge in [0.1, 0.15) is 12.1 Å². The Morgan fingerprint density at radius 2 is 2.17 bits per heavy atom. The SMILES string of the molecule is CCCOc1cccc(-c2nncn2C(C)C)c1. The summed E-state index contributed by atoms with van der Waals surface area (Å²) >= 11 is 0. The second kappa shape index (κ2) is 5.67. The number of benzene rings is 1. The van der Waals surface area contributed by atoms with Crippen LogP contribution in [0, 0.1) is 0 Å². The number of rotatable bonds is 5. The molecule has 18 heavy (non-hydrogen) atoms. The Kier molecular flexibility index (Phi) is 3.97. The van der Waals surface area contributed by atoms with Gasteiger partial charge in [-0.15, -0.1) is 10.2 Å². The quantitative estimate of drug-likeness (QED) is 0.811. The fraction of sp³-hybridized carbons (Fsp3) is 0.429. The first-order chi connectivity index (χ1) is 8.72. The van der Waals surface area contributed by atoms with Crippen LogP contribution in [0.5, 0.6) is 5.75 Å². The maximum absolute atomic E-state index is 5.64. The zero-order chi connectivity index (χ0) is 13.0. The van der Waals surface area contributed by atoms with E-state index in [0.717, 1.165) is 30.2 Å². The van der Waals surface area contributed by atoms with Crippen LogP contribution in [0.2, 0.25) is 0 Å². The molecule has 96 valence electrons. The average molecular weight is 245 g/mol. The Morgan fingerprint density at radius 3 is 2.89 bits per heavy atom. The fourth-order valence-electron chi connectivity index (χ4n) is 1.77. The minimum atomic E-state index is 0.343. The minimum Gasteiger partial charge on any atom is -0.494 e. The number of hydrogen-bond acceptors (Lipinski definition) is 3. The highest BCUT2D eigenvalue weighted by Gasteiger charge is 2.10. The first-order valence-electron chi connectivity index (χ1n) is 6.35. The van der Waals surface area contributed by atoms with Gasteiger partial charge in [0.15, 0.2) is 5.82 Å². The number of ether oxygens (including phenoxy) is 1. The third-order valence-electron chi connectivity index (χ3n) is 2.69. The van der Waals surface area contributed by atoms with Crippen molar-refractivity contribution < 1.29 is 4.74 Å². The Hall–Kier alpha value is -1.84.